The summed E-state index contributed by atoms with van der Waals surface area (Å²) >= 11 is 0. The maximum atomic E-state index is 12.6. The molecule has 0 radical (unpaired) electrons. The molecule has 5 nitrogen and oxygen atoms in total. The van der Waals surface area contributed by atoms with Crippen LogP contribution < -0.4 is 5.32 Å². The lowest BCUT2D eigenvalue weighted by Crippen LogP contribution is -2.28. The third-order valence-corrected chi connectivity index (χ3v) is 4.49. The highest BCUT2D eigenvalue weighted by Crippen LogP contribution is 2.20. The number of amides is 1. The van der Waals surface area contributed by atoms with Gasteiger partial charge in [-0.1, -0.05) is 17.7 Å². The zero-order chi connectivity index (χ0) is 19.2. The molecule has 27 heavy (non-hydrogen) atoms. The van der Waals surface area contributed by atoms with E-state index in [9.17, 15) is 4.79 Å². The fraction of sp³-hybridized carbons (Fsp3) is 0.227. The van der Waals surface area contributed by atoms with Crippen molar-refractivity contribution < 1.29 is 4.79 Å². The number of anilines is 2. The molecule has 0 atom stereocenters. The van der Waals surface area contributed by atoms with Gasteiger partial charge in [-0.15, -0.1) is 0 Å². The van der Waals surface area contributed by atoms with Gasteiger partial charge in [0.25, 0.3) is 5.91 Å². The van der Waals surface area contributed by atoms with E-state index in [0.717, 1.165) is 29.1 Å². The van der Waals surface area contributed by atoms with Crippen molar-refractivity contribution in [2.75, 3.05) is 18.9 Å². The second-order valence-corrected chi connectivity index (χ2v) is 6.71. The Morgan fingerprint density at radius 3 is 2.52 bits per heavy atom. The van der Waals surface area contributed by atoms with Gasteiger partial charge in [-0.3, -0.25) is 9.78 Å². The molecule has 0 saturated heterocycles. The molecule has 0 saturated carbocycles. The predicted octanol–water partition coefficient (Wildman–Crippen LogP) is 4.15. The Hall–Kier alpha value is -3.21. The van der Waals surface area contributed by atoms with Crippen molar-refractivity contribution in [3.63, 3.8) is 0 Å². The van der Waals surface area contributed by atoms with E-state index < -0.39 is 0 Å². The van der Waals surface area contributed by atoms with E-state index in [2.05, 4.69) is 41.3 Å². The van der Waals surface area contributed by atoms with Crippen LogP contribution in [0.25, 0.3) is 0 Å². The normalized spacial score (nSPS) is 10.5. The van der Waals surface area contributed by atoms with E-state index in [-0.39, 0.29) is 5.91 Å². The average molecular weight is 360 g/mol. The Balaban J connectivity index is 1.61. The van der Waals surface area contributed by atoms with Gasteiger partial charge in [-0.25, -0.2) is 4.98 Å². The molecule has 2 aromatic heterocycles. The summed E-state index contributed by atoms with van der Waals surface area (Å²) < 4.78 is 0. The Kier molecular flexibility index (Phi) is 5.81. The lowest BCUT2D eigenvalue weighted by Gasteiger charge is -2.17. The number of carbonyl (C=O) groups excluding carboxylic acids is 1. The lowest BCUT2D eigenvalue weighted by atomic mass is 10.1. The Labute approximate surface area is 160 Å². The van der Waals surface area contributed by atoms with Crippen LogP contribution in [-0.2, 0) is 6.42 Å². The van der Waals surface area contributed by atoms with Crippen molar-refractivity contribution in [3.05, 3.63) is 83.3 Å². The summed E-state index contributed by atoms with van der Waals surface area (Å²) in [6.45, 7) is 4.77. The highest BCUT2D eigenvalue weighted by Gasteiger charge is 2.12. The summed E-state index contributed by atoms with van der Waals surface area (Å²) in [4.78, 5) is 22.7. The van der Waals surface area contributed by atoms with Crippen LogP contribution in [0.1, 0.15) is 27.0 Å². The van der Waals surface area contributed by atoms with E-state index in [1.807, 2.05) is 37.4 Å². The van der Waals surface area contributed by atoms with Crippen molar-refractivity contribution >= 4 is 17.4 Å². The molecule has 1 amide bonds. The summed E-state index contributed by atoms with van der Waals surface area (Å²) in [6, 6.07) is 13.8. The van der Waals surface area contributed by atoms with Gasteiger partial charge in [0, 0.05) is 37.9 Å². The van der Waals surface area contributed by atoms with Crippen molar-refractivity contribution in [1.82, 2.24) is 14.9 Å². The number of rotatable bonds is 6. The molecular weight excluding hydrogens is 336 g/mol. The molecule has 5 heteroatoms. The topological polar surface area (TPSA) is 58.1 Å². The predicted molar refractivity (Wildman–Crippen MR) is 108 cm³/mol. The molecule has 138 valence electrons. The van der Waals surface area contributed by atoms with E-state index in [1.165, 1.54) is 5.56 Å². The quantitative estimate of drug-likeness (QED) is 0.717. The SMILES string of the molecule is Cc1ccc(Nc2ccc(C(=O)N(C)CCc3ccncc3)cn2)c(C)c1. The number of pyridine rings is 2. The number of nitrogens with one attached hydrogen (secondary N) is 1. The molecule has 2 heterocycles. The molecule has 3 aromatic rings. The first-order valence-electron chi connectivity index (χ1n) is 8.97. The van der Waals surface area contributed by atoms with E-state index in [4.69, 9.17) is 0 Å². The maximum absolute atomic E-state index is 12.6. The van der Waals surface area contributed by atoms with Crippen molar-refractivity contribution in [2.24, 2.45) is 0 Å². The number of benzene rings is 1. The standard InChI is InChI=1S/C22H24N4O/c1-16-4-6-20(17(2)14-16)25-21-7-5-19(15-24-21)22(27)26(3)13-10-18-8-11-23-12-9-18/h4-9,11-12,14-15H,10,13H2,1-3H3,(H,24,25). The average Bonchev–Trinajstić information content (AvgIpc) is 2.69. The van der Waals surface area contributed by atoms with Gasteiger partial charge in [-0.2, -0.15) is 0 Å². The van der Waals surface area contributed by atoms with Crippen LogP contribution in [0.2, 0.25) is 0 Å². The monoisotopic (exact) mass is 360 g/mol. The van der Waals surface area contributed by atoms with Gasteiger partial charge in [-0.05, 0) is 61.7 Å². The number of aryl methyl sites for hydroxylation is 2. The summed E-state index contributed by atoms with van der Waals surface area (Å²) in [5.41, 5.74) is 5.14. The Morgan fingerprint density at radius 2 is 1.85 bits per heavy atom. The van der Waals surface area contributed by atoms with E-state index in [1.54, 1.807) is 23.5 Å². The van der Waals surface area contributed by atoms with Gasteiger partial charge in [0.15, 0.2) is 0 Å². The number of nitrogens with zero attached hydrogens (tertiary/aromatic N) is 3. The van der Waals surface area contributed by atoms with Crippen LogP contribution >= 0.6 is 0 Å². The summed E-state index contributed by atoms with van der Waals surface area (Å²) in [7, 11) is 1.81. The van der Waals surface area contributed by atoms with Crippen LogP contribution in [-0.4, -0.2) is 34.4 Å². The lowest BCUT2D eigenvalue weighted by molar-refractivity contribution is 0.0796. The van der Waals surface area contributed by atoms with Crippen LogP contribution in [0.15, 0.2) is 61.1 Å². The second kappa shape index (κ2) is 8.45. The minimum absolute atomic E-state index is 0.0328. The highest BCUT2D eigenvalue weighted by molar-refractivity contribution is 5.94. The first-order chi connectivity index (χ1) is 13.0. The molecule has 0 aliphatic heterocycles. The Bertz CT molecular complexity index is 907. The fourth-order valence-electron chi connectivity index (χ4n) is 2.85. The minimum Gasteiger partial charge on any atom is -0.341 e. The first-order valence-corrected chi connectivity index (χ1v) is 8.97. The third kappa shape index (κ3) is 4.91. The number of hydrogen-bond acceptors (Lipinski definition) is 4. The van der Waals surface area contributed by atoms with Gasteiger partial charge in [0.1, 0.15) is 5.82 Å². The molecule has 0 aliphatic rings. The molecule has 0 unspecified atom stereocenters. The molecular formula is C22H24N4O. The zero-order valence-electron chi connectivity index (χ0n) is 15.9. The molecule has 0 bridgehead atoms. The van der Waals surface area contributed by atoms with Crippen molar-refractivity contribution in [1.29, 1.82) is 0 Å². The number of likely N-dealkylation sites (N-methyl/N-ethyl adjacent to an activating group) is 1. The number of aromatic nitrogens is 2. The molecule has 3 rings (SSSR count). The first kappa shape index (κ1) is 18.6. The number of carbonyl (C=O) groups is 1. The van der Waals surface area contributed by atoms with Gasteiger partial charge < -0.3 is 10.2 Å². The minimum atomic E-state index is -0.0328. The summed E-state index contributed by atoms with van der Waals surface area (Å²) in [5, 5.41) is 3.30. The zero-order valence-corrected chi connectivity index (χ0v) is 15.9. The second-order valence-electron chi connectivity index (χ2n) is 6.71. The highest BCUT2D eigenvalue weighted by atomic mass is 16.2. The summed E-state index contributed by atoms with van der Waals surface area (Å²) in [6.07, 6.45) is 5.95. The van der Waals surface area contributed by atoms with Crippen molar-refractivity contribution in [3.8, 4) is 0 Å². The molecule has 0 aliphatic carbocycles. The van der Waals surface area contributed by atoms with Gasteiger partial charge in [0.2, 0.25) is 0 Å². The third-order valence-electron chi connectivity index (χ3n) is 4.49. The Morgan fingerprint density at radius 1 is 1.07 bits per heavy atom. The van der Waals surface area contributed by atoms with Crippen LogP contribution in [0.4, 0.5) is 11.5 Å². The van der Waals surface area contributed by atoms with Crippen molar-refractivity contribution in [2.45, 2.75) is 20.3 Å². The molecule has 1 N–H and O–H groups in total. The van der Waals surface area contributed by atoms with E-state index in [0.29, 0.717) is 12.1 Å². The molecule has 0 fully saturated rings. The fourth-order valence-corrected chi connectivity index (χ4v) is 2.85. The summed E-state index contributed by atoms with van der Waals surface area (Å²) in [5.74, 6) is 0.688. The van der Waals surface area contributed by atoms with Crippen LogP contribution in [0, 0.1) is 13.8 Å². The van der Waals surface area contributed by atoms with Gasteiger partial charge >= 0.3 is 0 Å². The van der Waals surface area contributed by atoms with Crippen LogP contribution in [0.3, 0.4) is 0 Å². The molecule has 0 spiro atoms. The number of hydrogen-bond donors (Lipinski definition) is 1. The largest absolute Gasteiger partial charge is 0.341 e. The van der Waals surface area contributed by atoms with Gasteiger partial charge in [0.05, 0.1) is 5.56 Å². The van der Waals surface area contributed by atoms with Crippen LogP contribution in [0.5, 0.6) is 0 Å². The maximum Gasteiger partial charge on any atom is 0.255 e. The smallest absolute Gasteiger partial charge is 0.255 e. The van der Waals surface area contributed by atoms with E-state index >= 15 is 0 Å². The molecule has 1 aromatic carbocycles.